The molecule has 0 spiro atoms. The molecular weight excluding hydrogens is 757 g/mol. The molecule has 0 heterocycles. The number of carbonyl (C=O) groups is 3. The van der Waals surface area contributed by atoms with Crippen LogP contribution in [0.2, 0.25) is 0 Å². The maximum atomic E-state index is 12.8. The van der Waals surface area contributed by atoms with Crippen LogP contribution in [-0.2, 0) is 28.6 Å². The van der Waals surface area contributed by atoms with Crippen molar-refractivity contribution in [2.24, 2.45) is 0 Å². The predicted molar refractivity (Wildman–Crippen MR) is 261 cm³/mol. The molecule has 0 saturated heterocycles. The molecule has 0 aliphatic carbocycles. The van der Waals surface area contributed by atoms with Gasteiger partial charge in [-0.3, -0.25) is 14.4 Å². The van der Waals surface area contributed by atoms with Gasteiger partial charge in [-0.1, -0.05) is 210 Å². The molecule has 0 aliphatic rings. The Balaban J connectivity index is 4.46. The molecule has 0 rings (SSSR count). The van der Waals surface area contributed by atoms with Gasteiger partial charge in [0.2, 0.25) is 0 Å². The highest BCUT2D eigenvalue weighted by Crippen LogP contribution is 2.15. The molecule has 0 aromatic heterocycles. The predicted octanol–water partition coefficient (Wildman–Crippen LogP) is 16.9. The summed E-state index contributed by atoms with van der Waals surface area (Å²) in [6.07, 6.45) is 60.6. The minimum Gasteiger partial charge on any atom is -0.462 e. The number of allylic oxidation sites excluding steroid dienone is 10. The summed E-state index contributed by atoms with van der Waals surface area (Å²) in [5.41, 5.74) is 0. The van der Waals surface area contributed by atoms with Crippen molar-refractivity contribution in [1.82, 2.24) is 0 Å². The molecule has 0 bridgehead atoms. The second-order valence-electron chi connectivity index (χ2n) is 17.1. The van der Waals surface area contributed by atoms with Crippen LogP contribution in [0.5, 0.6) is 0 Å². The second kappa shape index (κ2) is 49.8. The van der Waals surface area contributed by atoms with Crippen LogP contribution in [0.1, 0.15) is 252 Å². The van der Waals surface area contributed by atoms with Gasteiger partial charge >= 0.3 is 17.9 Å². The molecule has 61 heavy (non-hydrogen) atoms. The average Bonchev–Trinajstić information content (AvgIpc) is 3.26. The van der Waals surface area contributed by atoms with Crippen LogP contribution in [0, 0.1) is 0 Å². The summed E-state index contributed by atoms with van der Waals surface area (Å²) in [5.74, 6) is -0.955. The molecule has 0 aromatic carbocycles. The first kappa shape index (κ1) is 58.1. The van der Waals surface area contributed by atoms with Crippen molar-refractivity contribution in [3.05, 3.63) is 60.8 Å². The summed E-state index contributed by atoms with van der Waals surface area (Å²) in [7, 11) is 0. The lowest BCUT2D eigenvalue weighted by Gasteiger charge is -2.18. The summed E-state index contributed by atoms with van der Waals surface area (Å²) in [4.78, 5) is 37.9. The number of ether oxygens (including phenoxy) is 3. The number of hydrogen-bond donors (Lipinski definition) is 0. The third-order valence-electron chi connectivity index (χ3n) is 11.0. The summed E-state index contributed by atoms with van der Waals surface area (Å²) in [5, 5.41) is 0. The Bertz CT molecular complexity index is 1120. The Kier molecular flexibility index (Phi) is 47.4. The largest absolute Gasteiger partial charge is 0.462 e. The second-order valence-corrected chi connectivity index (χ2v) is 17.1. The Hall–Kier alpha value is -2.89. The molecule has 0 radical (unpaired) electrons. The molecule has 0 N–H and O–H groups in total. The van der Waals surface area contributed by atoms with Crippen molar-refractivity contribution in [3.8, 4) is 0 Å². The lowest BCUT2D eigenvalue weighted by molar-refractivity contribution is -0.167. The minimum atomic E-state index is -0.796. The van der Waals surface area contributed by atoms with Gasteiger partial charge in [-0.05, 0) is 83.5 Å². The molecular formula is C55H96O6. The van der Waals surface area contributed by atoms with Crippen LogP contribution >= 0.6 is 0 Å². The first-order valence-electron chi connectivity index (χ1n) is 25.8. The zero-order chi connectivity index (χ0) is 44.4. The van der Waals surface area contributed by atoms with Crippen LogP contribution in [0.3, 0.4) is 0 Å². The molecule has 0 saturated carbocycles. The highest BCUT2D eigenvalue weighted by atomic mass is 16.6. The molecule has 0 amide bonds. The van der Waals surface area contributed by atoms with E-state index in [0.29, 0.717) is 19.3 Å². The van der Waals surface area contributed by atoms with E-state index in [1.165, 1.54) is 135 Å². The topological polar surface area (TPSA) is 78.9 Å². The van der Waals surface area contributed by atoms with Crippen molar-refractivity contribution in [2.75, 3.05) is 13.2 Å². The molecule has 352 valence electrons. The van der Waals surface area contributed by atoms with Gasteiger partial charge in [0.15, 0.2) is 6.10 Å². The number of unbranched alkanes of at least 4 members (excludes halogenated alkanes) is 25. The SMILES string of the molecule is CCCCC/C=C\C/C=C\C/C=C\C/C=C\CCCC(=O)OC[C@H](COC(=O)CCCCCCC/C=C\CCCCCC)OC(=O)CCCCCCCCCCCCCCC. The molecule has 0 fully saturated rings. The van der Waals surface area contributed by atoms with Crippen molar-refractivity contribution in [3.63, 3.8) is 0 Å². The minimum absolute atomic E-state index is 0.0938. The quantitative estimate of drug-likeness (QED) is 0.0263. The third-order valence-corrected chi connectivity index (χ3v) is 11.0. The van der Waals surface area contributed by atoms with Gasteiger partial charge in [0.05, 0.1) is 0 Å². The van der Waals surface area contributed by atoms with E-state index in [2.05, 4.69) is 81.5 Å². The molecule has 1 atom stereocenters. The zero-order valence-corrected chi connectivity index (χ0v) is 40.2. The average molecular weight is 853 g/mol. The van der Waals surface area contributed by atoms with Gasteiger partial charge < -0.3 is 14.2 Å². The monoisotopic (exact) mass is 853 g/mol. The highest BCUT2D eigenvalue weighted by Gasteiger charge is 2.19. The fourth-order valence-corrected chi connectivity index (χ4v) is 7.08. The summed E-state index contributed by atoms with van der Waals surface area (Å²) < 4.78 is 16.7. The maximum Gasteiger partial charge on any atom is 0.306 e. The summed E-state index contributed by atoms with van der Waals surface area (Å²) >= 11 is 0. The van der Waals surface area contributed by atoms with E-state index in [9.17, 15) is 14.4 Å². The Morgan fingerprint density at radius 3 is 1.05 bits per heavy atom. The molecule has 0 aliphatic heterocycles. The Labute approximate surface area is 377 Å². The van der Waals surface area contributed by atoms with E-state index in [-0.39, 0.29) is 37.5 Å². The van der Waals surface area contributed by atoms with E-state index in [0.717, 1.165) is 70.6 Å². The van der Waals surface area contributed by atoms with E-state index in [4.69, 9.17) is 14.2 Å². The van der Waals surface area contributed by atoms with Gasteiger partial charge in [-0.2, -0.15) is 0 Å². The van der Waals surface area contributed by atoms with Gasteiger partial charge in [0.1, 0.15) is 13.2 Å². The lowest BCUT2D eigenvalue weighted by Crippen LogP contribution is -2.30. The first-order valence-corrected chi connectivity index (χ1v) is 25.8. The first-order chi connectivity index (χ1) is 30.0. The number of esters is 3. The van der Waals surface area contributed by atoms with E-state index in [1.807, 2.05) is 0 Å². The highest BCUT2D eigenvalue weighted by molar-refractivity contribution is 5.71. The van der Waals surface area contributed by atoms with Crippen LogP contribution < -0.4 is 0 Å². The van der Waals surface area contributed by atoms with Crippen LogP contribution in [-0.4, -0.2) is 37.2 Å². The third kappa shape index (κ3) is 48.0. The van der Waals surface area contributed by atoms with Gasteiger partial charge in [-0.15, -0.1) is 0 Å². The van der Waals surface area contributed by atoms with Crippen molar-refractivity contribution in [2.45, 2.75) is 258 Å². The van der Waals surface area contributed by atoms with Gasteiger partial charge in [0, 0.05) is 19.3 Å². The van der Waals surface area contributed by atoms with E-state index >= 15 is 0 Å². The fraction of sp³-hybridized carbons (Fsp3) is 0.764. The van der Waals surface area contributed by atoms with Gasteiger partial charge in [0.25, 0.3) is 0 Å². The molecule has 6 nitrogen and oxygen atoms in total. The van der Waals surface area contributed by atoms with E-state index < -0.39 is 6.10 Å². The standard InChI is InChI=1S/C55H96O6/c1-4-7-10-13-16-19-22-25-26-27-28-31-33-36-39-42-45-48-54(57)60-51-52(61-55(58)49-46-43-40-37-34-30-24-21-18-15-12-9-6-3)50-59-53(56)47-44-41-38-35-32-29-23-20-17-14-11-8-5-2/h16,19-20,23,25-26,28,31,36,39,52H,4-15,17-18,21-22,24,27,29-30,32-35,37-38,40-51H2,1-3H3/b19-16-,23-20-,26-25-,31-28-,39-36-/t52-/m0/s1. The van der Waals surface area contributed by atoms with Crippen molar-refractivity contribution >= 4 is 17.9 Å². The molecule has 0 unspecified atom stereocenters. The van der Waals surface area contributed by atoms with Crippen molar-refractivity contribution < 1.29 is 28.6 Å². The van der Waals surface area contributed by atoms with E-state index in [1.54, 1.807) is 0 Å². The van der Waals surface area contributed by atoms with Crippen molar-refractivity contribution in [1.29, 1.82) is 0 Å². The fourth-order valence-electron chi connectivity index (χ4n) is 7.08. The Morgan fingerprint density at radius 2 is 0.607 bits per heavy atom. The lowest BCUT2D eigenvalue weighted by atomic mass is 10.0. The number of hydrogen-bond acceptors (Lipinski definition) is 6. The zero-order valence-electron chi connectivity index (χ0n) is 40.2. The van der Waals surface area contributed by atoms with Gasteiger partial charge in [-0.25, -0.2) is 0 Å². The number of carbonyl (C=O) groups excluding carboxylic acids is 3. The summed E-state index contributed by atoms with van der Waals surface area (Å²) in [6.45, 7) is 6.54. The normalized spacial score (nSPS) is 12.5. The number of rotatable bonds is 46. The summed E-state index contributed by atoms with van der Waals surface area (Å²) in [6, 6.07) is 0. The van der Waals surface area contributed by atoms with Crippen LogP contribution in [0.25, 0.3) is 0 Å². The van der Waals surface area contributed by atoms with Crippen LogP contribution in [0.15, 0.2) is 60.8 Å². The van der Waals surface area contributed by atoms with Crippen LogP contribution in [0.4, 0.5) is 0 Å². The smallest absolute Gasteiger partial charge is 0.306 e. The maximum absolute atomic E-state index is 12.8. The molecule has 6 heteroatoms. The Morgan fingerprint density at radius 1 is 0.328 bits per heavy atom. The molecule has 0 aromatic rings.